The number of fused-ring (bicyclic) bond motifs is 2. The Morgan fingerprint density at radius 1 is 1.16 bits per heavy atom. The van der Waals surface area contributed by atoms with E-state index in [4.69, 9.17) is 4.52 Å². The molecule has 0 radical (unpaired) electrons. The zero-order valence-corrected chi connectivity index (χ0v) is 21.8. The highest BCUT2D eigenvalue weighted by molar-refractivity contribution is 5.90. The highest BCUT2D eigenvalue weighted by Gasteiger charge is 2.24. The number of nitrogens with one attached hydrogen (secondary N) is 1. The van der Waals surface area contributed by atoms with Gasteiger partial charge in [0.15, 0.2) is 0 Å². The number of aryl methyl sites for hydroxylation is 1. The van der Waals surface area contributed by atoms with Gasteiger partial charge in [0.1, 0.15) is 12.2 Å². The summed E-state index contributed by atoms with van der Waals surface area (Å²) < 4.78 is 9.30. The van der Waals surface area contributed by atoms with Crippen LogP contribution in [0.3, 0.4) is 0 Å². The number of amides is 1. The third-order valence-corrected chi connectivity index (χ3v) is 6.83. The maximum Gasteiger partial charge on any atom is 0.292 e. The normalized spacial score (nSPS) is 13.6. The van der Waals surface area contributed by atoms with Crippen LogP contribution in [0.25, 0.3) is 16.8 Å². The fourth-order valence-electron chi connectivity index (χ4n) is 4.62. The highest BCUT2D eigenvalue weighted by atomic mass is 16.5. The molecule has 0 saturated carbocycles. The van der Waals surface area contributed by atoms with Gasteiger partial charge in [0.05, 0.1) is 29.6 Å². The van der Waals surface area contributed by atoms with Crippen molar-refractivity contribution in [3.63, 3.8) is 0 Å². The third kappa shape index (κ3) is 4.40. The van der Waals surface area contributed by atoms with E-state index in [1.807, 2.05) is 62.9 Å². The molecule has 11 heteroatoms. The molecule has 0 aliphatic carbocycles. The van der Waals surface area contributed by atoms with Crippen LogP contribution in [0.2, 0.25) is 0 Å². The van der Waals surface area contributed by atoms with E-state index < -0.39 is 0 Å². The fraction of sp³-hybridized carbons (Fsp3) is 0.333. The van der Waals surface area contributed by atoms with Crippen molar-refractivity contribution in [2.75, 3.05) is 11.4 Å². The molecule has 1 N–H and O–H groups in total. The van der Waals surface area contributed by atoms with Crippen molar-refractivity contribution in [3.8, 4) is 11.3 Å². The van der Waals surface area contributed by atoms with Crippen molar-refractivity contribution < 1.29 is 9.32 Å². The molecule has 0 spiro atoms. The first-order chi connectivity index (χ1) is 18.3. The van der Waals surface area contributed by atoms with Gasteiger partial charge in [-0.1, -0.05) is 38.1 Å². The second-order valence-electron chi connectivity index (χ2n) is 10.6. The Morgan fingerprint density at radius 3 is 2.82 bits per heavy atom. The van der Waals surface area contributed by atoms with Gasteiger partial charge in [-0.3, -0.25) is 4.79 Å². The number of aromatic nitrogens is 7. The van der Waals surface area contributed by atoms with E-state index in [-0.39, 0.29) is 17.1 Å². The molecule has 1 aromatic carbocycles. The van der Waals surface area contributed by atoms with Crippen LogP contribution in [0, 0.1) is 6.92 Å². The SMILES string of the molecule is Cc1cc(-c2ncnn3cc(N4CCn5ccnc5C4)cc23)ccc1CNC(=O)c1noc(C(C)(C)C)n1. The smallest absolute Gasteiger partial charge is 0.292 e. The molecule has 1 aliphatic rings. The Morgan fingerprint density at radius 2 is 2.03 bits per heavy atom. The van der Waals surface area contributed by atoms with Gasteiger partial charge in [-0.05, 0) is 30.2 Å². The lowest BCUT2D eigenvalue weighted by Crippen LogP contribution is -2.33. The Balaban J connectivity index is 1.20. The van der Waals surface area contributed by atoms with Gasteiger partial charge in [0.25, 0.3) is 11.7 Å². The second-order valence-corrected chi connectivity index (χ2v) is 10.6. The first-order valence-corrected chi connectivity index (χ1v) is 12.6. The van der Waals surface area contributed by atoms with Gasteiger partial charge in [0.2, 0.25) is 5.89 Å². The summed E-state index contributed by atoms with van der Waals surface area (Å²) in [6.45, 7) is 10.8. The second kappa shape index (κ2) is 9.09. The molecule has 0 saturated heterocycles. The third-order valence-electron chi connectivity index (χ3n) is 6.83. The van der Waals surface area contributed by atoms with E-state index in [1.54, 1.807) is 6.33 Å². The van der Waals surface area contributed by atoms with E-state index >= 15 is 0 Å². The Labute approximate surface area is 219 Å². The topological polar surface area (TPSA) is 119 Å². The number of benzene rings is 1. The fourth-order valence-corrected chi connectivity index (χ4v) is 4.62. The molecule has 0 atom stereocenters. The molecule has 0 bridgehead atoms. The van der Waals surface area contributed by atoms with Crippen molar-refractivity contribution in [1.82, 2.24) is 39.6 Å². The number of hydrogen-bond acceptors (Lipinski definition) is 8. The zero-order chi connectivity index (χ0) is 26.4. The quantitative estimate of drug-likeness (QED) is 0.381. The van der Waals surface area contributed by atoms with Gasteiger partial charge < -0.3 is 19.3 Å². The van der Waals surface area contributed by atoms with Crippen molar-refractivity contribution in [1.29, 1.82) is 0 Å². The molecule has 6 rings (SSSR count). The van der Waals surface area contributed by atoms with Crippen LogP contribution in [0.4, 0.5) is 5.69 Å². The average Bonchev–Trinajstić information content (AvgIpc) is 3.66. The van der Waals surface area contributed by atoms with E-state index in [9.17, 15) is 4.79 Å². The molecule has 11 nitrogen and oxygen atoms in total. The van der Waals surface area contributed by atoms with Gasteiger partial charge in [-0.2, -0.15) is 10.1 Å². The number of carbonyl (C=O) groups excluding carboxylic acids is 1. The summed E-state index contributed by atoms with van der Waals surface area (Å²) in [4.78, 5) is 28.2. The van der Waals surface area contributed by atoms with Crippen molar-refractivity contribution in [3.05, 3.63) is 77.8 Å². The summed E-state index contributed by atoms with van der Waals surface area (Å²) in [5.41, 5.74) is 5.57. The lowest BCUT2D eigenvalue weighted by Gasteiger charge is -2.28. The Kier molecular flexibility index (Phi) is 5.70. The molecule has 5 aromatic rings. The number of imidazole rings is 1. The predicted molar refractivity (Wildman–Crippen MR) is 141 cm³/mol. The summed E-state index contributed by atoms with van der Waals surface area (Å²) >= 11 is 0. The van der Waals surface area contributed by atoms with Crippen molar-refractivity contribution in [2.45, 2.75) is 52.7 Å². The maximum atomic E-state index is 12.6. The predicted octanol–water partition coefficient (Wildman–Crippen LogP) is 3.53. The van der Waals surface area contributed by atoms with Crippen molar-refractivity contribution >= 4 is 17.1 Å². The minimum Gasteiger partial charge on any atom is -0.361 e. The molecule has 38 heavy (non-hydrogen) atoms. The highest BCUT2D eigenvalue weighted by Crippen LogP contribution is 2.29. The van der Waals surface area contributed by atoms with E-state index in [1.165, 1.54) is 0 Å². The van der Waals surface area contributed by atoms with Gasteiger partial charge in [-0.25, -0.2) is 14.5 Å². The molecular formula is C27H29N9O2. The number of hydrogen-bond donors (Lipinski definition) is 1. The van der Waals surface area contributed by atoms with E-state index in [0.29, 0.717) is 12.4 Å². The Bertz CT molecular complexity index is 1640. The van der Waals surface area contributed by atoms with Crippen LogP contribution < -0.4 is 10.2 Å². The summed E-state index contributed by atoms with van der Waals surface area (Å²) in [7, 11) is 0. The molecule has 0 fully saturated rings. The molecule has 4 aromatic heterocycles. The molecule has 1 amide bonds. The average molecular weight is 512 g/mol. The zero-order valence-electron chi connectivity index (χ0n) is 21.8. The van der Waals surface area contributed by atoms with Crippen LogP contribution in [0.1, 0.15) is 54.2 Å². The first kappa shape index (κ1) is 23.8. The Hall–Kier alpha value is -4.54. The lowest BCUT2D eigenvalue weighted by atomic mass is 9.97. The van der Waals surface area contributed by atoms with E-state index in [2.05, 4.69) is 52.1 Å². The van der Waals surface area contributed by atoms with Crippen LogP contribution in [0.15, 0.2) is 53.7 Å². The minimum absolute atomic E-state index is 0.0364. The largest absolute Gasteiger partial charge is 0.361 e. The monoisotopic (exact) mass is 511 g/mol. The maximum absolute atomic E-state index is 12.6. The first-order valence-electron chi connectivity index (χ1n) is 12.6. The summed E-state index contributed by atoms with van der Waals surface area (Å²) in [6.07, 6.45) is 7.50. The number of nitrogens with zero attached hydrogens (tertiary/aromatic N) is 8. The van der Waals surface area contributed by atoms with Crippen molar-refractivity contribution in [2.24, 2.45) is 0 Å². The molecule has 1 aliphatic heterocycles. The molecule has 5 heterocycles. The number of rotatable bonds is 5. The lowest BCUT2D eigenvalue weighted by molar-refractivity contribution is 0.0937. The van der Waals surface area contributed by atoms with E-state index in [0.717, 1.165) is 59.0 Å². The summed E-state index contributed by atoms with van der Waals surface area (Å²) in [5.74, 6) is 1.16. The number of anilines is 1. The standard InChI is InChI=1S/C27H29N9O2/c1-17-11-18(5-6-19(17)13-29-25(37)24-32-26(38-33-24)27(2,3)4)23-21-12-20(14-36(21)31-16-30-23)35-10-9-34-8-7-28-22(34)15-35/h5-8,11-12,14,16H,9-10,13,15H2,1-4H3,(H,29,37). The van der Waals surface area contributed by atoms with Crippen LogP contribution in [0.5, 0.6) is 0 Å². The molecule has 0 unspecified atom stereocenters. The van der Waals surface area contributed by atoms with Gasteiger partial charge in [0, 0.05) is 43.0 Å². The van der Waals surface area contributed by atoms with Crippen LogP contribution >= 0.6 is 0 Å². The van der Waals surface area contributed by atoms with Crippen LogP contribution in [-0.4, -0.2) is 46.7 Å². The summed E-state index contributed by atoms with van der Waals surface area (Å²) in [5, 5.41) is 11.2. The van der Waals surface area contributed by atoms with Gasteiger partial charge in [-0.15, -0.1) is 0 Å². The van der Waals surface area contributed by atoms with Crippen LogP contribution in [-0.2, 0) is 25.0 Å². The minimum atomic E-state index is -0.369. The molecular weight excluding hydrogens is 482 g/mol. The van der Waals surface area contributed by atoms with Gasteiger partial charge >= 0.3 is 0 Å². The summed E-state index contributed by atoms with van der Waals surface area (Å²) in [6, 6.07) is 8.25. The molecule has 194 valence electrons. The number of carbonyl (C=O) groups is 1.